The van der Waals surface area contributed by atoms with Crippen LogP contribution in [0.15, 0.2) is 0 Å². The maximum Gasteiger partial charge on any atom is 0.309 e. The average Bonchev–Trinajstić information content (AvgIpc) is 3.19. The molecule has 7 nitrogen and oxygen atoms in total. The first kappa shape index (κ1) is 19.3. The molecule has 9 atom stereocenters. The van der Waals surface area contributed by atoms with E-state index in [1.807, 2.05) is 25.7 Å². The van der Waals surface area contributed by atoms with Crippen molar-refractivity contribution >= 4 is 17.8 Å². The van der Waals surface area contributed by atoms with Crippen LogP contribution in [-0.2, 0) is 23.9 Å². The van der Waals surface area contributed by atoms with E-state index in [4.69, 9.17) is 9.47 Å². The van der Waals surface area contributed by atoms with Crippen molar-refractivity contribution in [3.8, 4) is 0 Å². The molecule has 2 bridgehead atoms. The molecule has 0 unspecified atom stereocenters. The molecule has 4 heterocycles. The maximum atomic E-state index is 14.0. The maximum absolute atomic E-state index is 14.0. The number of rotatable bonds is 2. The van der Waals surface area contributed by atoms with Crippen molar-refractivity contribution in [3.63, 3.8) is 0 Å². The van der Waals surface area contributed by atoms with Crippen molar-refractivity contribution in [2.24, 2.45) is 29.1 Å². The van der Waals surface area contributed by atoms with Gasteiger partial charge in [0.25, 0.3) is 0 Å². The Morgan fingerprint density at radius 1 is 1.14 bits per heavy atom. The number of cyclic esters (lactones) is 1. The number of esters is 2. The molecule has 0 radical (unpaired) electrons. The lowest BCUT2D eigenvalue weighted by atomic mass is 9.58. The molecular formula is C22H31NO6. The van der Waals surface area contributed by atoms with E-state index < -0.39 is 29.1 Å². The van der Waals surface area contributed by atoms with E-state index in [1.165, 1.54) is 0 Å². The van der Waals surface area contributed by atoms with Crippen LogP contribution in [0.3, 0.4) is 0 Å². The van der Waals surface area contributed by atoms with Gasteiger partial charge in [0.1, 0.15) is 12.2 Å². The first-order valence-electron chi connectivity index (χ1n) is 11.2. The van der Waals surface area contributed by atoms with Gasteiger partial charge in [0.2, 0.25) is 5.91 Å². The Bertz CT molecular complexity index is 768. The van der Waals surface area contributed by atoms with Gasteiger partial charge >= 0.3 is 11.9 Å². The summed E-state index contributed by atoms with van der Waals surface area (Å²) in [6.45, 7) is 6.31. The highest BCUT2D eigenvalue weighted by Gasteiger charge is 2.78. The Kier molecular flexibility index (Phi) is 4.13. The fourth-order valence-electron chi connectivity index (χ4n) is 7.53. The molecule has 5 fully saturated rings. The number of fused-ring (bicyclic) bond motifs is 3. The second-order valence-electron chi connectivity index (χ2n) is 9.97. The number of ether oxygens (including phenoxy) is 2. The van der Waals surface area contributed by atoms with Gasteiger partial charge in [-0.2, -0.15) is 0 Å². The first-order valence-corrected chi connectivity index (χ1v) is 11.2. The largest absolute Gasteiger partial charge is 0.461 e. The zero-order valence-electron chi connectivity index (χ0n) is 17.4. The molecule has 7 heteroatoms. The van der Waals surface area contributed by atoms with E-state index >= 15 is 0 Å². The molecule has 1 N–H and O–H groups in total. The molecule has 29 heavy (non-hydrogen) atoms. The molecule has 0 aromatic heterocycles. The van der Waals surface area contributed by atoms with E-state index in [9.17, 15) is 19.5 Å². The quantitative estimate of drug-likeness (QED) is 0.703. The van der Waals surface area contributed by atoms with Crippen molar-refractivity contribution in [3.05, 3.63) is 0 Å². The number of carbonyl (C=O) groups excluding carboxylic acids is 3. The van der Waals surface area contributed by atoms with Crippen LogP contribution >= 0.6 is 0 Å². The minimum absolute atomic E-state index is 0.0196. The molecule has 5 aliphatic rings. The molecule has 4 saturated heterocycles. The van der Waals surface area contributed by atoms with E-state index in [0.717, 1.165) is 12.8 Å². The van der Waals surface area contributed by atoms with Crippen LogP contribution < -0.4 is 0 Å². The van der Waals surface area contributed by atoms with Crippen LogP contribution in [-0.4, -0.2) is 58.2 Å². The summed E-state index contributed by atoms with van der Waals surface area (Å²) >= 11 is 0. The second kappa shape index (κ2) is 6.19. The third kappa shape index (κ3) is 2.20. The van der Waals surface area contributed by atoms with Crippen molar-refractivity contribution < 1.29 is 29.0 Å². The predicted molar refractivity (Wildman–Crippen MR) is 101 cm³/mol. The van der Waals surface area contributed by atoms with Crippen molar-refractivity contribution in [2.75, 3.05) is 6.54 Å². The number of aliphatic hydroxyl groups is 1. The minimum Gasteiger partial charge on any atom is -0.461 e. The smallest absolute Gasteiger partial charge is 0.309 e. The summed E-state index contributed by atoms with van der Waals surface area (Å²) in [6.07, 6.45) is 3.14. The average molecular weight is 405 g/mol. The number of carbonyl (C=O) groups is 3. The molecule has 1 aliphatic carbocycles. The van der Waals surface area contributed by atoms with E-state index in [0.29, 0.717) is 32.2 Å². The SMILES string of the molecule is CC[C@H]1[C@@H]2OC(=O)[C@@H](C)[C@@H]2[C@]2(O)C[C@@H]([C@@H]3C[C@H](C)C(=O)O3)N3CCCC[C@]12C3=O. The highest BCUT2D eigenvalue weighted by Crippen LogP contribution is 2.67. The molecule has 1 amide bonds. The Balaban J connectivity index is 1.63. The fourth-order valence-corrected chi connectivity index (χ4v) is 7.53. The Labute approximate surface area is 171 Å². The lowest BCUT2D eigenvalue weighted by molar-refractivity contribution is -0.200. The van der Waals surface area contributed by atoms with E-state index in [-0.39, 0.29) is 41.6 Å². The Morgan fingerprint density at radius 2 is 1.90 bits per heavy atom. The predicted octanol–water partition coefficient (Wildman–Crippen LogP) is 1.66. The lowest BCUT2D eigenvalue weighted by Gasteiger charge is -2.55. The van der Waals surface area contributed by atoms with Gasteiger partial charge in [0.15, 0.2) is 0 Å². The fraction of sp³-hybridized carbons (Fsp3) is 0.864. The van der Waals surface area contributed by atoms with Gasteiger partial charge in [-0.1, -0.05) is 27.2 Å². The van der Waals surface area contributed by atoms with Crippen molar-refractivity contribution in [1.82, 2.24) is 4.90 Å². The molecule has 1 saturated carbocycles. The van der Waals surface area contributed by atoms with Gasteiger partial charge in [-0.05, 0) is 25.7 Å². The Morgan fingerprint density at radius 3 is 2.55 bits per heavy atom. The summed E-state index contributed by atoms with van der Waals surface area (Å²) in [7, 11) is 0. The number of amides is 1. The molecule has 5 rings (SSSR count). The van der Waals surface area contributed by atoms with Crippen LogP contribution in [0.5, 0.6) is 0 Å². The number of hydrogen-bond acceptors (Lipinski definition) is 6. The van der Waals surface area contributed by atoms with Gasteiger partial charge in [-0.25, -0.2) is 0 Å². The first-order chi connectivity index (χ1) is 13.8. The summed E-state index contributed by atoms with van der Waals surface area (Å²) in [4.78, 5) is 40.4. The normalized spacial score (nSPS) is 51.4. The van der Waals surface area contributed by atoms with Crippen molar-refractivity contribution in [2.45, 2.75) is 83.1 Å². The number of nitrogens with zero attached hydrogens (tertiary/aromatic N) is 1. The molecular weight excluding hydrogens is 374 g/mol. The van der Waals surface area contributed by atoms with Crippen LogP contribution in [0.4, 0.5) is 0 Å². The van der Waals surface area contributed by atoms with Crippen LogP contribution in [0.2, 0.25) is 0 Å². The van der Waals surface area contributed by atoms with Crippen LogP contribution in [0.25, 0.3) is 0 Å². The van der Waals surface area contributed by atoms with E-state index in [1.54, 1.807) is 0 Å². The highest BCUT2D eigenvalue weighted by atomic mass is 16.6. The van der Waals surface area contributed by atoms with Gasteiger partial charge in [0.05, 0.1) is 28.9 Å². The third-order valence-electron chi connectivity index (χ3n) is 8.78. The summed E-state index contributed by atoms with van der Waals surface area (Å²) in [5, 5.41) is 12.3. The second-order valence-corrected chi connectivity index (χ2v) is 9.97. The lowest BCUT2D eigenvalue weighted by Crippen LogP contribution is -2.69. The van der Waals surface area contributed by atoms with Crippen LogP contribution in [0, 0.1) is 29.1 Å². The highest BCUT2D eigenvalue weighted by molar-refractivity contribution is 5.89. The van der Waals surface area contributed by atoms with E-state index in [2.05, 4.69) is 0 Å². The number of hydrogen-bond donors (Lipinski definition) is 1. The Hall–Kier alpha value is -1.63. The van der Waals surface area contributed by atoms with Crippen LogP contribution in [0.1, 0.15) is 59.3 Å². The van der Waals surface area contributed by atoms with Gasteiger partial charge in [-0.15, -0.1) is 0 Å². The summed E-state index contributed by atoms with van der Waals surface area (Å²) < 4.78 is 11.4. The monoisotopic (exact) mass is 405 g/mol. The third-order valence-corrected chi connectivity index (χ3v) is 8.78. The molecule has 0 aromatic rings. The zero-order chi connectivity index (χ0) is 20.7. The summed E-state index contributed by atoms with van der Waals surface area (Å²) in [6, 6.07) is -0.341. The molecule has 160 valence electrons. The number of piperidine rings is 1. The van der Waals surface area contributed by atoms with Crippen molar-refractivity contribution in [1.29, 1.82) is 0 Å². The van der Waals surface area contributed by atoms with Gasteiger partial charge < -0.3 is 19.5 Å². The summed E-state index contributed by atoms with van der Waals surface area (Å²) in [5.74, 6) is -1.72. The van der Waals surface area contributed by atoms with Gasteiger partial charge in [-0.3, -0.25) is 14.4 Å². The zero-order valence-corrected chi connectivity index (χ0v) is 17.4. The molecule has 1 spiro atoms. The molecule has 0 aromatic carbocycles. The standard InChI is InChI=1S/C22H31NO6/c1-4-13-17-16(12(3)19(25)29-17)22(27)10-14(15-9-11(2)18(24)28-15)23-8-6-5-7-21(13,22)20(23)26/h11-17,27H,4-10H2,1-3H3/t11-,12-,13-,14-,15-,16-,17-,21+,22+/m0/s1. The minimum atomic E-state index is -1.31. The van der Waals surface area contributed by atoms with Gasteiger partial charge in [0, 0.05) is 24.8 Å². The topological polar surface area (TPSA) is 93.1 Å². The summed E-state index contributed by atoms with van der Waals surface area (Å²) in [5.41, 5.74) is -2.22. The molecule has 4 aliphatic heterocycles.